The van der Waals surface area contributed by atoms with Crippen LogP contribution >= 0.6 is 15.9 Å². The summed E-state index contributed by atoms with van der Waals surface area (Å²) in [7, 11) is 1.64. The number of ether oxygens (including phenoxy) is 1. The Morgan fingerprint density at radius 1 is 1.57 bits per heavy atom. The SMILES string of the molecule is COc1cc(Br)[nH]c1/C=C1\C=CC=N1. The molecule has 1 N–H and O–H groups in total. The molecule has 1 aliphatic rings. The third kappa shape index (κ3) is 1.80. The van der Waals surface area contributed by atoms with E-state index in [2.05, 4.69) is 25.9 Å². The molecule has 0 aromatic carbocycles. The van der Waals surface area contributed by atoms with Crippen molar-refractivity contribution in [1.82, 2.24) is 4.98 Å². The van der Waals surface area contributed by atoms with Crippen LogP contribution < -0.4 is 4.74 Å². The summed E-state index contributed by atoms with van der Waals surface area (Å²) in [6.45, 7) is 0. The Kier molecular flexibility index (Phi) is 2.54. The largest absolute Gasteiger partial charge is 0.494 e. The van der Waals surface area contributed by atoms with Crippen LogP contribution in [0.2, 0.25) is 0 Å². The minimum absolute atomic E-state index is 0.805. The molecule has 0 amide bonds. The molecule has 1 aromatic heterocycles. The smallest absolute Gasteiger partial charge is 0.145 e. The van der Waals surface area contributed by atoms with E-state index >= 15 is 0 Å². The summed E-state index contributed by atoms with van der Waals surface area (Å²) >= 11 is 3.35. The third-order valence-corrected chi connectivity index (χ3v) is 2.29. The first kappa shape index (κ1) is 9.27. The summed E-state index contributed by atoms with van der Waals surface area (Å²) in [5.41, 5.74) is 1.83. The van der Waals surface area contributed by atoms with Crippen LogP contribution in [-0.4, -0.2) is 18.3 Å². The van der Waals surface area contributed by atoms with E-state index < -0.39 is 0 Å². The molecule has 0 atom stereocenters. The molecule has 2 heterocycles. The maximum Gasteiger partial charge on any atom is 0.145 e. The van der Waals surface area contributed by atoms with Crippen LogP contribution in [0.15, 0.2) is 33.5 Å². The number of nitrogens with one attached hydrogen (secondary N) is 1. The van der Waals surface area contributed by atoms with Gasteiger partial charge in [-0.05, 0) is 34.2 Å². The molecule has 0 radical (unpaired) electrons. The first-order valence-corrected chi connectivity index (χ1v) is 4.94. The number of aromatic nitrogens is 1. The van der Waals surface area contributed by atoms with E-state index in [0.29, 0.717) is 0 Å². The van der Waals surface area contributed by atoms with E-state index in [9.17, 15) is 0 Å². The molecule has 0 saturated carbocycles. The molecule has 2 rings (SSSR count). The second kappa shape index (κ2) is 3.84. The lowest BCUT2D eigenvalue weighted by Gasteiger charge is -1.96. The number of aliphatic imine (C=N–C) groups is 1. The Morgan fingerprint density at radius 2 is 2.43 bits per heavy atom. The van der Waals surface area contributed by atoms with Crippen molar-refractivity contribution in [1.29, 1.82) is 0 Å². The van der Waals surface area contributed by atoms with Gasteiger partial charge < -0.3 is 9.72 Å². The quantitative estimate of drug-likeness (QED) is 0.864. The van der Waals surface area contributed by atoms with Gasteiger partial charge in [-0.2, -0.15) is 0 Å². The van der Waals surface area contributed by atoms with Gasteiger partial charge >= 0.3 is 0 Å². The monoisotopic (exact) mass is 252 g/mol. The summed E-state index contributed by atoms with van der Waals surface area (Å²) in [5, 5.41) is 0. The summed E-state index contributed by atoms with van der Waals surface area (Å²) in [6.07, 6.45) is 7.53. The highest BCUT2D eigenvalue weighted by atomic mass is 79.9. The molecular formula is C10H9BrN2O. The van der Waals surface area contributed by atoms with Crippen molar-refractivity contribution in [2.75, 3.05) is 7.11 Å². The first-order chi connectivity index (χ1) is 6.79. The first-order valence-electron chi connectivity index (χ1n) is 4.14. The van der Waals surface area contributed by atoms with E-state index in [1.54, 1.807) is 13.3 Å². The van der Waals surface area contributed by atoms with Crippen molar-refractivity contribution in [3.8, 4) is 5.75 Å². The van der Waals surface area contributed by atoms with Gasteiger partial charge in [-0.15, -0.1) is 0 Å². The summed E-state index contributed by atoms with van der Waals surface area (Å²) in [5.74, 6) is 0.805. The number of methoxy groups -OCH3 is 1. The number of halogens is 1. The zero-order chi connectivity index (χ0) is 9.97. The third-order valence-electron chi connectivity index (χ3n) is 1.87. The van der Waals surface area contributed by atoms with Gasteiger partial charge in [0.15, 0.2) is 0 Å². The Balaban J connectivity index is 2.36. The van der Waals surface area contributed by atoms with Crippen LogP contribution in [0.3, 0.4) is 0 Å². The normalized spacial score (nSPS) is 16.9. The number of hydrogen-bond acceptors (Lipinski definition) is 2. The van der Waals surface area contributed by atoms with E-state index in [4.69, 9.17) is 4.74 Å². The fourth-order valence-corrected chi connectivity index (χ4v) is 1.66. The van der Waals surface area contributed by atoms with Crippen molar-refractivity contribution >= 4 is 28.2 Å². The van der Waals surface area contributed by atoms with Crippen molar-refractivity contribution in [3.63, 3.8) is 0 Å². The number of rotatable bonds is 2. The molecule has 0 spiro atoms. The second-order valence-electron chi connectivity index (χ2n) is 2.81. The van der Waals surface area contributed by atoms with Crippen molar-refractivity contribution in [2.45, 2.75) is 0 Å². The second-order valence-corrected chi connectivity index (χ2v) is 3.66. The molecular weight excluding hydrogens is 244 g/mol. The zero-order valence-corrected chi connectivity index (χ0v) is 9.21. The Morgan fingerprint density at radius 3 is 3.07 bits per heavy atom. The average molecular weight is 253 g/mol. The summed E-state index contributed by atoms with van der Waals surface area (Å²) in [6, 6.07) is 1.88. The van der Waals surface area contributed by atoms with Crippen molar-refractivity contribution < 1.29 is 4.74 Å². The van der Waals surface area contributed by atoms with Gasteiger partial charge in [0.05, 0.1) is 23.1 Å². The number of nitrogens with zero attached hydrogens (tertiary/aromatic N) is 1. The maximum atomic E-state index is 5.19. The molecule has 0 aliphatic carbocycles. The van der Waals surface area contributed by atoms with Crippen LogP contribution in [-0.2, 0) is 0 Å². The molecule has 4 heteroatoms. The Bertz CT molecular complexity index is 415. The lowest BCUT2D eigenvalue weighted by Crippen LogP contribution is -1.83. The Hall–Kier alpha value is -1.29. The van der Waals surface area contributed by atoms with Crippen molar-refractivity contribution in [2.24, 2.45) is 4.99 Å². The molecule has 72 valence electrons. The molecule has 14 heavy (non-hydrogen) atoms. The maximum absolute atomic E-state index is 5.19. The van der Waals surface area contributed by atoms with Crippen molar-refractivity contribution in [3.05, 3.63) is 34.2 Å². The number of hydrogen-bond donors (Lipinski definition) is 1. The fourth-order valence-electron chi connectivity index (χ4n) is 1.24. The predicted octanol–water partition coefficient (Wildman–Crippen LogP) is 2.77. The molecule has 0 fully saturated rings. The van der Waals surface area contributed by atoms with Gasteiger partial charge in [-0.3, -0.25) is 4.99 Å². The molecule has 1 aromatic rings. The van der Waals surface area contributed by atoms with Gasteiger partial charge in [0.1, 0.15) is 5.75 Å². The van der Waals surface area contributed by atoms with Crippen LogP contribution in [0, 0.1) is 0 Å². The highest BCUT2D eigenvalue weighted by molar-refractivity contribution is 9.10. The molecule has 3 nitrogen and oxygen atoms in total. The van der Waals surface area contributed by atoms with E-state index in [1.807, 2.05) is 24.3 Å². The standard InChI is InChI=1S/C10H9BrN2O/c1-14-9-6-10(11)13-8(9)5-7-3-2-4-12-7/h2-6,13H,1H3/b7-5+. The van der Waals surface area contributed by atoms with E-state index in [0.717, 1.165) is 21.7 Å². The number of allylic oxidation sites excluding steroid dienone is 2. The van der Waals surface area contributed by atoms with Gasteiger partial charge in [-0.25, -0.2) is 0 Å². The van der Waals surface area contributed by atoms with Gasteiger partial charge in [0.2, 0.25) is 0 Å². The minimum Gasteiger partial charge on any atom is -0.494 e. The van der Waals surface area contributed by atoms with Gasteiger partial charge in [0, 0.05) is 12.3 Å². The topological polar surface area (TPSA) is 37.4 Å². The predicted molar refractivity (Wildman–Crippen MR) is 60.7 cm³/mol. The molecule has 0 unspecified atom stereocenters. The van der Waals surface area contributed by atoms with E-state index in [1.165, 1.54) is 0 Å². The minimum atomic E-state index is 0.805. The van der Waals surface area contributed by atoms with E-state index in [-0.39, 0.29) is 0 Å². The average Bonchev–Trinajstić information content (AvgIpc) is 2.76. The van der Waals surface area contributed by atoms with Gasteiger partial charge in [0.25, 0.3) is 0 Å². The molecule has 0 bridgehead atoms. The highest BCUT2D eigenvalue weighted by Crippen LogP contribution is 2.25. The van der Waals surface area contributed by atoms with Gasteiger partial charge in [-0.1, -0.05) is 0 Å². The number of aromatic amines is 1. The van der Waals surface area contributed by atoms with Crippen LogP contribution in [0.4, 0.5) is 0 Å². The summed E-state index contributed by atoms with van der Waals surface area (Å²) < 4.78 is 6.09. The summed E-state index contributed by atoms with van der Waals surface area (Å²) in [4.78, 5) is 7.28. The molecule has 0 saturated heterocycles. The number of H-pyrrole nitrogens is 1. The Labute approximate surface area is 90.3 Å². The fraction of sp³-hybridized carbons (Fsp3) is 0.100. The highest BCUT2D eigenvalue weighted by Gasteiger charge is 2.05. The lowest BCUT2D eigenvalue weighted by atomic mass is 10.3. The van der Waals surface area contributed by atoms with Crippen LogP contribution in [0.25, 0.3) is 6.08 Å². The lowest BCUT2D eigenvalue weighted by molar-refractivity contribution is 0.414. The zero-order valence-electron chi connectivity index (χ0n) is 7.62. The van der Waals surface area contributed by atoms with Crippen LogP contribution in [0.1, 0.15) is 5.69 Å². The molecule has 1 aliphatic heterocycles. The van der Waals surface area contributed by atoms with Crippen LogP contribution in [0.5, 0.6) is 5.75 Å².